The summed E-state index contributed by atoms with van der Waals surface area (Å²) in [4.78, 5) is 11.3. The number of hydrogen-bond donors (Lipinski definition) is 1. The number of aliphatic hydroxyl groups is 1. The Hall–Kier alpha value is -1.15. The van der Waals surface area contributed by atoms with Gasteiger partial charge in [0, 0.05) is 12.0 Å². The van der Waals surface area contributed by atoms with E-state index in [4.69, 9.17) is 0 Å². The van der Waals surface area contributed by atoms with Crippen LogP contribution in [0.3, 0.4) is 0 Å². The molecule has 1 unspecified atom stereocenters. The maximum atomic E-state index is 11.3. The van der Waals surface area contributed by atoms with E-state index in [-0.39, 0.29) is 5.78 Å². The first-order chi connectivity index (χ1) is 5.70. The fourth-order valence-electron chi connectivity index (χ4n) is 1.67. The molecule has 62 valence electrons. The third kappa shape index (κ3) is 0.883. The van der Waals surface area contributed by atoms with Gasteiger partial charge in [0.2, 0.25) is 0 Å². The molecule has 1 atom stereocenters. The van der Waals surface area contributed by atoms with Gasteiger partial charge in [0.05, 0.1) is 0 Å². The van der Waals surface area contributed by atoms with Crippen LogP contribution in [0, 0.1) is 6.92 Å². The monoisotopic (exact) mass is 162 g/mol. The lowest BCUT2D eigenvalue weighted by Crippen LogP contribution is -2.13. The van der Waals surface area contributed by atoms with Gasteiger partial charge in [0.25, 0.3) is 0 Å². The molecule has 0 heterocycles. The zero-order chi connectivity index (χ0) is 8.72. The maximum absolute atomic E-state index is 11.3. The number of rotatable bonds is 0. The predicted molar refractivity (Wildman–Crippen MR) is 45.2 cm³/mol. The number of fused-ring (bicyclic) bond motifs is 1. The average Bonchev–Trinajstić information content (AvgIpc) is 2.32. The Labute approximate surface area is 70.8 Å². The zero-order valence-electron chi connectivity index (χ0n) is 6.87. The SMILES string of the molecule is Cc1cccc2c1CC(O)C2=O. The predicted octanol–water partition coefficient (Wildman–Crippen LogP) is 1.09. The van der Waals surface area contributed by atoms with E-state index in [1.807, 2.05) is 19.1 Å². The lowest BCUT2D eigenvalue weighted by Gasteiger charge is -1.99. The van der Waals surface area contributed by atoms with Crippen LogP contribution in [0.5, 0.6) is 0 Å². The summed E-state index contributed by atoms with van der Waals surface area (Å²) in [5.74, 6) is -0.131. The first kappa shape index (κ1) is 7.50. The minimum atomic E-state index is -0.805. The second-order valence-corrected chi connectivity index (χ2v) is 3.19. The molecular formula is C10H10O2. The summed E-state index contributed by atoms with van der Waals surface area (Å²) < 4.78 is 0. The number of aryl methyl sites for hydroxylation is 1. The summed E-state index contributed by atoms with van der Waals surface area (Å²) >= 11 is 0. The Bertz CT molecular complexity index is 342. The van der Waals surface area contributed by atoms with Crippen LogP contribution in [0.2, 0.25) is 0 Å². The largest absolute Gasteiger partial charge is 0.385 e. The Morgan fingerprint density at radius 2 is 2.25 bits per heavy atom. The van der Waals surface area contributed by atoms with E-state index >= 15 is 0 Å². The van der Waals surface area contributed by atoms with Gasteiger partial charge in [0.1, 0.15) is 6.10 Å². The third-order valence-corrected chi connectivity index (χ3v) is 2.38. The van der Waals surface area contributed by atoms with Crippen LogP contribution >= 0.6 is 0 Å². The van der Waals surface area contributed by atoms with Gasteiger partial charge in [-0.1, -0.05) is 18.2 Å². The van der Waals surface area contributed by atoms with Crippen molar-refractivity contribution < 1.29 is 9.90 Å². The smallest absolute Gasteiger partial charge is 0.191 e. The molecule has 2 heteroatoms. The van der Waals surface area contributed by atoms with Crippen LogP contribution in [0.1, 0.15) is 21.5 Å². The highest BCUT2D eigenvalue weighted by molar-refractivity contribution is 6.04. The number of hydrogen-bond acceptors (Lipinski definition) is 2. The highest BCUT2D eigenvalue weighted by Crippen LogP contribution is 2.24. The first-order valence-electron chi connectivity index (χ1n) is 4.01. The van der Waals surface area contributed by atoms with Gasteiger partial charge in [-0.3, -0.25) is 4.79 Å². The minimum absolute atomic E-state index is 0.131. The van der Waals surface area contributed by atoms with Gasteiger partial charge in [-0.25, -0.2) is 0 Å². The van der Waals surface area contributed by atoms with Crippen LogP contribution in [-0.2, 0) is 6.42 Å². The molecule has 1 aliphatic carbocycles. The van der Waals surface area contributed by atoms with E-state index in [2.05, 4.69) is 0 Å². The fourth-order valence-corrected chi connectivity index (χ4v) is 1.67. The summed E-state index contributed by atoms with van der Waals surface area (Å²) in [5.41, 5.74) is 2.80. The molecule has 0 spiro atoms. The topological polar surface area (TPSA) is 37.3 Å². The van der Waals surface area contributed by atoms with Crippen molar-refractivity contribution in [2.45, 2.75) is 19.4 Å². The molecule has 0 saturated heterocycles. The molecule has 2 rings (SSSR count). The maximum Gasteiger partial charge on any atom is 0.191 e. The van der Waals surface area contributed by atoms with Gasteiger partial charge < -0.3 is 5.11 Å². The van der Waals surface area contributed by atoms with Gasteiger partial charge >= 0.3 is 0 Å². The molecule has 0 bridgehead atoms. The Morgan fingerprint density at radius 1 is 1.50 bits per heavy atom. The Kier molecular flexibility index (Phi) is 1.51. The number of Topliss-reactive ketones (excluding diaryl/α,β-unsaturated/α-hetero) is 1. The molecule has 0 radical (unpaired) electrons. The van der Waals surface area contributed by atoms with Crippen LogP contribution in [0.15, 0.2) is 18.2 Å². The second kappa shape index (κ2) is 2.42. The van der Waals surface area contributed by atoms with E-state index in [0.717, 1.165) is 11.1 Å². The van der Waals surface area contributed by atoms with Gasteiger partial charge in [-0.15, -0.1) is 0 Å². The van der Waals surface area contributed by atoms with Crippen molar-refractivity contribution in [2.75, 3.05) is 0 Å². The molecule has 1 aromatic carbocycles. The molecule has 0 aliphatic heterocycles. The normalized spacial score (nSPS) is 21.2. The summed E-state index contributed by atoms with van der Waals surface area (Å²) in [7, 11) is 0. The molecule has 0 saturated carbocycles. The standard InChI is InChI=1S/C10H10O2/c1-6-3-2-4-7-8(6)5-9(11)10(7)12/h2-4,9,11H,5H2,1H3. The molecule has 1 N–H and O–H groups in total. The minimum Gasteiger partial charge on any atom is -0.385 e. The number of aliphatic hydroxyl groups excluding tert-OH is 1. The summed E-state index contributed by atoms with van der Waals surface area (Å²) in [6, 6.07) is 5.59. The number of carbonyl (C=O) groups is 1. The number of carbonyl (C=O) groups excluding carboxylic acids is 1. The van der Waals surface area contributed by atoms with E-state index in [1.54, 1.807) is 6.07 Å². The van der Waals surface area contributed by atoms with E-state index in [1.165, 1.54) is 0 Å². The van der Waals surface area contributed by atoms with Gasteiger partial charge in [-0.05, 0) is 18.1 Å². The number of benzene rings is 1. The molecule has 12 heavy (non-hydrogen) atoms. The molecule has 0 aromatic heterocycles. The average molecular weight is 162 g/mol. The fraction of sp³-hybridized carbons (Fsp3) is 0.300. The molecule has 1 aromatic rings. The lowest BCUT2D eigenvalue weighted by atomic mass is 10.1. The van der Waals surface area contributed by atoms with Crippen LogP contribution in [0.25, 0.3) is 0 Å². The summed E-state index contributed by atoms with van der Waals surface area (Å²) in [5, 5.41) is 9.29. The third-order valence-electron chi connectivity index (χ3n) is 2.38. The van der Waals surface area contributed by atoms with Crippen molar-refractivity contribution in [1.29, 1.82) is 0 Å². The van der Waals surface area contributed by atoms with Crippen molar-refractivity contribution in [2.24, 2.45) is 0 Å². The van der Waals surface area contributed by atoms with Crippen LogP contribution < -0.4 is 0 Å². The Morgan fingerprint density at radius 3 is 2.92 bits per heavy atom. The molecule has 0 amide bonds. The highest BCUT2D eigenvalue weighted by atomic mass is 16.3. The summed E-state index contributed by atoms with van der Waals surface area (Å²) in [6.45, 7) is 1.96. The molecule has 0 fully saturated rings. The second-order valence-electron chi connectivity index (χ2n) is 3.19. The molecular weight excluding hydrogens is 152 g/mol. The van der Waals surface area contributed by atoms with Crippen molar-refractivity contribution in [3.8, 4) is 0 Å². The Balaban J connectivity index is 2.61. The quantitative estimate of drug-likeness (QED) is 0.620. The van der Waals surface area contributed by atoms with Gasteiger partial charge in [-0.2, -0.15) is 0 Å². The molecule has 2 nitrogen and oxygen atoms in total. The van der Waals surface area contributed by atoms with Gasteiger partial charge in [0.15, 0.2) is 5.78 Å². The van der Waals surface area contributed by atoms with E-state index in [0.29, 0.717) is 12.0 Å². The number of ketones is 1. The van der Waals surface area contributed by atoms with Crippen molar-refractivity contribution >= 4 is 5.78 Å². The molecule has 1 aliphatic rings. The van der Waals surface area contributed by atoms with E-state index < -0.39 is 6.10 Å². The zero-order valence-corrected chi connectivity index (χ0v) is 6.87. The highest BCUT2D eigenvalue weighted by Gasteiger charge is 2.28. The van der Waals surface area contributed by atoms with Crippen molar-refractivity contribution in [3.05, 3.63) is 34.9 Å². The van der Waals surface area contributed by atoms with E-state index in [9.17, 15) is 9.90 Å². The van der Waals surface area contributed by atoms with Crippen LogP contribution in [0.4, 0.5) is 0 Å². The van der Waals surface area contributed by atoms with Crippen molar-refractivity contribution in [1.82, 2.24) is 0 Å². The first-order valence-corrected chi connectivity index (χ1v) is 4.01. The summed E-state index contributed by atoms with van der Waals surface area (Å²) in [6.07, 6.45) is -0.318. The van der Waals surface area contributed by atoms with Crippen molar-refractivity contribution in [3.63, 3.8) is 0 Å². The van der Waals surface area contributed by atoms with Crippen LogP contribution in [-0.4, -0.2) is 17.0 Å². The lowest BCUT2D eigenvalue weighted by molar-refractivity contribution is 0.0780.